The van der Waals surface area contributed by atoms with Crippen LogP contribution in [0.4, 0.5) is 13.2 Å². The van der Waals surface area contributed by atoms with E-state index >= 15 is 0 Å². The first kappa shape index (κ1) is 18.2. The molecule has 2 aliphatic rings. The molecule has 1 unspecified atom stereocenters. The van der Waals surface area contributed by atoms with Crippen LogP contribution in [-0.4, -0.2) is 33.9 Å². The monoisotopic (exact) mass is 399 g/mol. The summed E-state index contributed by atoms with van der Waals surface area (Å²) in [5, 5.41) is 0.798. The lowest BCUT2D eigenvalue weighted by molar-refractivity contribution is -0.138. The third kappa shape index (κ3) is 3.09. The van der Waals surface area contributed by atoms with Gasteiger partial charge in [-0.3, -0.25) is 9.78 Å². The molecule has 4 nitrogen and oxygen atoms in total. The highest BCUT2D eigenvalue weighted by molar-refractivity contribution is 6.06. The number of aromatic nitrogens is 2. The number of hydrogen-bond acceptors (Lipinski definition) is 2. The predicted molar refractivity (Wildman–Crippen MR) is 102 cm³/mol. The van der Waals surface area contributed by atoms with Gasteiger partial charge >= 0.3 is 6.18 Å². The summed E-state index contributed by atoms with van der Waals surface area (Å²) in [6.07, 6.45) is 2.12. The van der Waals surface area contributed by atoms with Gasteiger partial charge < -0.3 is 9.88 Å². The van der Waals surface area contributed by atoms with Crippen LogP contribution < -0.4 is 0 Å². The smallest absolute Gasteiger partial charge is 0.360 e. The average Bonchev–Trinajstić information content (AvgIpc) is 3.39. The Morgan fingerprint density at radius 3 is 2.55 bits per heavy atom. The predicted octanol–water partition coefficient (Wildman–Crippen LogP) is 4.85. The molecule has 29 heavy (non-hydrogen) atoms. The maximum Gasteiger partial charge on any atom is 0.416 e. The minimum absolute atomic E-state index is 0.0362. The number of rotatable bonds is 2. The summed E-state index contributed by atoms with van der Waals surface area (Å²) in [5.74, 6) is 0.352. The van der Waals surface area contributed by atoms with Gasteiger partial charge in [-0.1, -0.05) is 18.2 Å². The summed E-state index contributed by atoms with van der Waals surface area (Å²) >= 11 is 0. The van der Waals surface area contributed by atoms with Crippen molar-refractivity contribution >= 4 is 16.8 Å². The molecular formula is C22H20F3N3O. The van der Waals surface area contributed by atoms with E-state index in [2.05, 4.69) is 9.97 Å². The maximum absolute atomic E-state index is 13.4. The topological polar surface area (TPSA) is 49.0 Å². The van der Waals surface area contributed by atoms with E-state index in [1.807, 2.05) is 11.0 Å². The molecule has 2 aromatic heterocycles. The minimum Gasteiger partial charge on any atom is -0.360 e. The number of carbonyl (C=O) groups excluding carboxylic acids is 1. The van der Waals surface area contributed by atoms with Crippen LogP contribution in [0.25, 0.3) is 10.9 Å². The van der Waals surface area contributed by atoms with Gasteiger partial charge in [-0.2, -0.15) is 13.2 Å². The van der Waals surface area contributed by atoms with E-state index in [-0.39, 0.29) is 23.7 Å². The highest BCUT2D eigenvalue weighted by atomic mass is 19.4. The highest BCUT2D eigenvalue weighted by Gasteiger charge is 2.45. The number of H-pyrrole nitrogens is 1. The molecule has 3 aromatic rings. The fourth-order valence-corrected chi connectivity index (χ4v) is 5.14. The molecule has 0 radical (unpaired) electrons. The van der Waals surface area contributed by atoms with Crippen LogP contribution in [0.3, 0.4) is 0 Å². The summed E-state index contributed by atoms with van der Waals surface area (Å²) in [6.45, 7) is 1.20. The number of likely N-dealkylation sites (tertiary alicyclic amines) is 1. The number of carbonyl (C=O) groups is 1. The zero-order chi connectivity index (χ0) is 20.2. The van der Waals surface area contributed by atoms with Crippen LogP contribution in [0.2, 0.25) is 0 Å². The number of benzene rings is 1. The van der Waals surface area contributed by atoms with Crippen LogP contribution in [0.5, 0.6) is 0 Å². The fourth-order valence-electron chi connectivity index (χ4n) is 5.14. The number of hydrogen-bond donors (Lipinski definition) is 1. The zero-order valence-corrected chi connectivity index (χ0v) is 15.6. The number of amides is 1. The Morgan fingerprint density at radius 2 is 1.83 bits per heavy atom. The molecule has 0 spiro atoms. The Kier molecular flexibility index (Phi) is 4.15. The summed E-state index contributed by atoms with van der Waals surface area (Å²) in [7, 11) is 0. The van der Waals surface area contributed by atoms with Crippen molar-refractivity contribution in [2.75, 3.05) is 13.1 Å². The summed E-state index contributed by atoms with van der Waals surface area (Å²) in [6, 6.07) is 7.73. The van der Waals surface area contributed by atoms with Gasteiger partial charge in [0.1, 0.15) is 0 Å². The number of pyridine rings is 1. The second-order valence-corrected chi connectivity index (χ2v) is 8.11. The number of aromatic amines is 1. The van der Waals surface area contributed by atoms with E-state index in [0.29, 0.717) is 37.1 Å². The third-order valence-corrected chi connectivity index (χ3v) is 6.46. The molecule has 150 valence electrons. The van der Waals surface area contributed by atoms with Crippen molar-refractivity contribution in [1.82, 2.24) is 14.9 Å². The normalized spacial score (nSPS) is 24.2. The fraction of sp³-hybridized carbons (Fsp3) is 0.364. The van der Waals surface area contributed by atoms with Crippen LogP contribution in [0, 0.1) is 11.8 Å². The maximum atomic E-state index is 13.4. The quantitative estimate of drug-likeness (QED) is 0.670. The number of fused-ring (bicyclic) bond motifs is 2. The SMILES string of the molecule is O=C(c1c[nH]c2ccncc12)N1C[C@H]2CC(c3ccccc3C(F)(F)F)C[C@H]2C1. The zero-order valence-electron chi connectivity index (χ0n) is 15.6. The van der Waals surface area contributed by atoms with E-state index in [9.17, 15) is 18.0 Å². The van der Waals surface area contributed by atoms with E-state index in [0.717, 1.165) is 10.9 Å². The van der Waals surface area contributed by atoms with Crippen LogP contribution in [0.15, 0.2) is 48.9 Å². The van der Waals surface area contributed by atoms with Gasteiger partial charge in [-0.15, -0.1) is 0 Å². The second-order valence-electron chi connectivity index (χ2n) is 8.11. The van der Waals surface area contributed by atoms with Crippen molar-refractivity contribution in [2.24, 2.45) is 11.8 Å². The molecule has 2 fully saturated rings. The van der Waals surface area contributed by atoms with Crippen LogP contribution >= 0.6 is 0 Å². The third-order valence-electron chi connectivity index (χ3n) is 6.46. The molecule has 1 saturated heterocycles. The largest absolute Gasteiger partial charge is 0.416 e. The van der Waals surface area contributed by atoms with Gasteiger partial charge in [0.05, 0.1) is 11.1 Å². The summed E-state index contributed by atoms with van der Waals surface area (Å²) in [4.78, 5) is 22.1. The second kappa shape index (κ2) is 6.61. The Hall–Kier alpha value is -2.83. The van der Waals surface area contributed by atoms with Gasteiger partial charge in [0.2, 0.25) is 0 Å². The molecule has 0 bridgehead atoms. The molecule has 1 aromatic carbocycles. The molecule has 3 atom stereocenters. The number of nitrogens with one attached hydrogen (secondary N) is 1. The molecule has 7 heteroatoms. The molecular weight excluding hydrogens is 379 g/mol. The molecule has 1 saturated carbocycles. The molecule has 1 aliphatic carbocycles. The Balaban J connectivity index is 1.33. The number of nitrogens with zero attached hydrogens (tertiary/aromatic N) is 2. The molecule has 3 heterocycles. The van der Waals surface area contributed by atoms with Crippen LogP contribution in [0.1, 0.15) is 40.2 Å². The summed E-state index contributed by atoms with van der Waals surface area (Å²) in [5.41, 5.74) is 1.35. The van der Waals surface area contributed by atoms with E-state index in [4.69, 9.17) is 0 Å². The van der Waals surface area contributed by atoms with Gasteiger partial charge in [0.25, 0.3) is 5.91 Å². The number of alkyl halides is 3. The average molecular weight is 399 g/mol. The first-order valence-electron chi connectivity index (χ1n) is 9.78. The highest BCUT2D eigenvalue weighted by Crippen LogP contribution is 2.49. The first-order valence-corrected chi connectivity index (χ1v) is 9.78. The Labute approximate surface area is 165 Å². The molecule has 1 aliphatic heterocycles. The van der Waals surface area contributed by atoms with Crippen molar-refractivity contribution in [3.63, 3.8) is 0 Å². The van der Waals surface area contributed by atoms with Gasteiger partial charge in [0, 0.05) is 42.6 Å². The van der Waals surface area contributed by atoms with Crippen molar-refractivity contribution in [2.45, 2.75) is 24.9 Å². The lowest BCUT2D eigenvalue weighted by Gasteiger charge is -2.21. The first-order chi connectivity index (χ1) is 13.9. The Morgan fingerprint density at radius 1 is 1.10 bits per heavy atom. The molecule has 5 rings (SSSR count). The van der Waals surface area contributed by atoms with E-state index < -0.39 is 11.7 Å². The van der Waals surface area contributed by atoms with E-state index in [1.165, 1.54) is 12.1 Å². The molecule has 1 N–H and O–H groups in total. The van der Waals surface area contributed by atoms with Crippen molar-refractivity contribution in [3.8, 4) is 0 Å². The lowest BCUT2D eigenvalue weighted by Crippen LogP contribution is -2.29. The minimum atomic E-state index is -4.33. The van der Waals surface area contributed by atoms with Crippen LogP contribution in [-0.2, 0) is 6.18 Å². The lowest BCUT2D eigenvalue weighted by atomic mass is 9.91. The summed E-state index contributed by atoms with van der Waals surface area (Å²) < 4.78 is 40.2. The van der Waals surface area contributed by atoms with Crippen molar-refractivity contribution in [1.29, 1.82) is 0 Å². The number of halogens is 3. The van der Waals surface area contributed by atoms with Gasteiger partial charge in [-0.05, 0) is 48.3 Å². The van der Waals surface area contributed by atoms with E-state index in [1.54, 1.807) is 30.7 Å². The van der Waals surface area contributed by atoms with Crippen molar-refractivity contribution in [3.05, 3.63) is 65.6 Å². The van der Waals surface area contributed by atoms with Gasteiger partial charge in [-0.25, -0.2) is 0 Å². The van der Waals surface area contributed by atoms with Gasteiger partial charge in [0.15, 0.2) is 0 Å². The van der Waals surface area contributed by atoms with Crippen molar-refractivity contribution < 1.29 is 18.0 Å². The Bertz CT molecular complexity index is 1060. The standard InChI is InChI=1S/C22H20F3N3O/c23-22(24,25)19-4-2-1-3-16(19)13-7-14-11-28(12-15(14)8-13)21(29)18-10-27-20-5-6-26-9-17(18)20/h1-6,9-10,13-15,27H,7-8,11-12H2/t13?,14-,15+. The molecule has 1 amide bonds.